The Morgan fingerprint density at radius 2 is 2.44 bits per heavy atom. The van der Waals surface area contributed by atoms with Crippen molar-refractivity contribution in [3.63, 3.8) is 0 Å². The highest BCUT2D eigenvalue weighted by molar-refractivity contribution is 6.32. The molecule has 0 radical (unpaired) electrons. The van der Waals surface area contributed by atoms with Crippen molar-refractivity contribution in [2.24, 2.45) is 0 Å². The predicted octanol–water partition coefficient (Wildman–Crippen LogP) is 1.74. The van der Waals surface area contributed by atoms with Crippen molar-refractivity contribution in [2.45, 2.75) is 26.3 Å². The number of carbonyl (C=O) groups excluding carboxylic acids is 1. The van der Waals surface area contributed by atoms with Crippen LogP contribution in [0.4, 0.5) is 5.69 Å². The Hall–Kier alpha value is -1.33. The van der Waals surface area contributed by atoms with Gasteiger partial charge in [-0.1, -0.05) is 11.6 Å². The first-order chi connectivity index (χ1) is 8.56. The molecule has 2 N–H and O–H groups in total. The quantitative estimate of drug-likeness (QED) is 0.818. The molecule has 1 saturated heterocycles. The molecule has 1 aromatic heterocycles. The maximum Gasteiger partial charge on any atom is 0.221 e. The molecule has 0 spiro atoms. The zero-order chi connectivity index (χ0) is 13.1. The summed E-state index contributed by atoms with van der Waals surface area (Å²) in [6.45, 7) is 4.90. The van der Waals surface area contributed by atoms with E-state index < -0.39 is 0 Å². The van der Waals surface area contributed by atoms with Gasteiger partial charge in [0.25, 0.3) is 0 Å². The Kier molecular flexibility index (Phi) is 4.04. The number of halogens is 1. The van der Waals surface area contributed by atoms with Crippen LogP contribution in [0.25, 0.3) is 0 Å². The number of nitrogens with zero attached hydrogens (tertiary/aromatic N) is 1. The minimum Gasteiger partial charge on any atom is -0.490 e. The lowest BCUT2D eigenvalue weighted by atomic mass is 10.1. The van der Waals surface area contributed by atoms with Gasteiger partial charge in [0.15, 0.2) is 5.15 Å². The summed E-state index contributed by atoms with van der Waals surface area (Å²) in [6, 6.07) is 2.12. The van der Waals surface area contributed by atoms with E-state index in [1.807, 2.05) is 6.92 Å². The maximum atomic E-state index is 11.0. The fourth-order valence-corrected chi connectivity index (χ4v) is 1.89. The molecule has 98 valence electrons. The zero-order valence-electron chi connectivity index (χ0n) is 10.4. The second-order valence-corrected chi connectivity index (χ2v) is 4.70. The molecule has 18 heavy (non-hydrogen) atoms. The third kappa shape index (κ3) is 3.11. The summed E-state index contributed by atoms with van der Waals surface area (Å²) in [5.74, 6) is 0.464. The fraction of sp³-hybridized carbons (Fsp3) is 0.500. The van der Waals surface area contributed by atoms with Crippen molar-refractivity contribution in [1.82, 2.24) is 10.3 Å². The first kappa shape index (κ1) is 13.1. The molecule has 5 nitrogen and oxygen atoms in total. The standard InChI is InChI=1S/C12H16ClN3O2/c1-7-11(18-6-9-3-4-14-9)5-10(12(13)15-7)16-8(2)17/h5,9,14H,3-4,6H2,1-2H3,(H,16,17)/t9-/m0/s1. The molecule has 1 aliphatic heterocycles. The van der Waals surface area contributed by atoms with E-state index in [1.54, 1.807) is 6.07 Å². The Bertz CT molecular complexity index is 461. The molecular weight excluding hydrogens is 254 g/mol. The van der Waals surface area contributed by atoms with E-state index in [-0.39, 0.29) is 11.1 Å². The van der Waals surface area contributed by atoms with Gasteiger partial charge in [0.05, 0.1) is 11.4 Å². The highest BCUT2D eigenvalue weighted by Gasteiger charge is 2.18. The van der Waals surface area contributed by atoms with Crippen LogP contribution in [0.2, 0.25) is 5.15 Å². The molecule has 0 aromatic carbocycles. The molecule has 0 unspecified atom stereocenters. The fourth-order valence-electron chi connectivity index (χ4n) is 1.66. The number of aromatic nitrogens is 1. The molecule has 2 heterocycles. The third-order valence-electron chi connectivity index (χ3n) is 2.80. The van der Waals surface area contributed by atoms with Gasteiger partial charge < -0.3 is 15.4 Å². The lowest BCUT2D eigenvalue weighted by Crippen LogP contribution is -2.46. The van der Waals surface area contributed by atoms with Crippen LogP contribution in [-0.2, 0) is 4.79 Å². The first-order valence-corrected chi connectivity index (χ1v) is 6.25. The van der Waals surface area contributed by atoms with Crippen molar-refractivity contribution in [1.29, 1.82) is 0 Å². The molecule has 1 amide bonds. The Morgan fingerprint density at radius 3 is 3.00 bits per heavy atom. The van der Waals surface area contributed by atoms with E-state index in [2.05, 4.69) is 15.6 Å². The summed E-state index contributed by atoms with van der Waals surface area (Å²) in [7, 11) is 0. The number of pyridine rings is 1. The Labute approximate surface area is 111 Å². The van der Waals surface area contributed by atoms with Gasteiger partial charge in [-0.3, -0.25) is 4.79 Å². The van der Waals surface area contributed by atoms with Gasteiger partial charge in [0.2, 0.25) is 5.91 Å². The van der Waals surface area contributed by atoms with Crippen molar-refractivity contribution >= 4 is 23.2 Å². The van der Waals surface area contributed by atoms with Gasteiger partial charge in [0, 0.05) is 19.0 Å². The SMILES string of the molecule is CC(=O)Nc1cc(OC[C@@H]2CCN2)c(C)nc1Cl. The van der Waals surface area contributed by atoms with Crippen molar-refractivity contribution in [2.75, 3.05) is 18.5 Å². The summed E-state index contributed by atoms with van der Waals surface area (Å²) in [4.78, 5) is 15.2. The molecule has 0 saturated carbocycles. The van der Waals surface area contributed by atoms with E-state index in [0.717, 1.165) is 13.0 Å². The summed E-state index contributed by atoms with van der Waals surface area (Å²) in [5, 5.41) is 6.15. The number of nitrogens with one attached hydrogen (secondary N) is 2. The lowest BCUT2D eigenvalue weighted by molar-refractivity contribution is -0.114. The Balaban J connectivity index is 2.09. The number of amides is 1. The van der Waals surface area contributed by atoms with E-state index in [0.29, 0.717) is 29.8 Å². The molecule has 1 atom stereocenters. The maximum absolute atomic E-state index is 11.0. The number of carbonyl (C=O) groups is 1. The average molecular weight is 270 g/mol. The first-order valence-electron chi connectivity index (χ1n) is 5.87. The van der Waals surface area contributed by atoms with Crippen LogP contribution in [0.15, 0.2) is 6.07 Å². The summed E-state index contributed by atoms with van der Waals surface area (Å²) < 4.78 is 5.68. The number of rotatable bonds is 4. The Morgan fingerprint density at radius 1 is 1.72 bits per heavy atom. The highest BCUT2D eigenvalue weighted by Crippen LogP contribution is 2.27. The molecule has 1 fully saturated rings. The van der Waals surface area contributed by atoms with Crippen LogP contribution in [-0.4, -0.2) is 30.1 Å². The monoisotopic (exact) mass is 269 g/mol. The van der Waals surface area contributed by atoms with Crippen LogP contribution >= 0.6 is 11.6 Å². The molecule has 0 aliphatic carbocycles. The summed E-state index contributed by atoms with van der Waals surface area (Å²) in [6.07, 6.45) is 1.12. The number of hydrogen-bond donors (Lipinski definition) is 2. The topological polar surface area (TPSA) is 63.2 Å². The minimum atomic E-state index is -0.186. The second-order valence-electron chi connectivity index (χ2n) is 4.34. The molecular formula is C12H16ClN3O2. The second kappa shape index (κ2) is 5.54. The van der Waals surface area contributed by atoms with E-state index >= 15 is 0 Å². The smallest absolute Gasteiger partial charge is 0.221 e. The molecule has 1 aliphatic rings. The van der Waals surface area contributed by atoms with Gasteiger partial charge in [-0.25, -0.2) is 4.98 Å². The number of anilines is 1. The number of ether oxygens (including phenoxy) is 1. The lowest BCUT2D eigenvalue weighted by Gasteiger charge is -2.27. The van der Waals surface area contributed by atoms with Crippen LogP contribution in [0.5, 0.6) is 5.75 Å². The van der Waals surface area contributed by atoms with Gasteiger partial charge in [-0.2, -0.15) is 0 Å². The average Bonchev–Trinajstić information content (AvgIpc) is 2.21. The van der Waals surface area contributed by atoms with Gasteiger partial charge >= 0.3 is 0 Å². The number of hydrogen-bond acceptors (Lipinski definition) is 4. The largest absolute Gasteiger partial charge is 0.490 e. The highest BCUT2D eigenvalue weighted by atomic mass is 35.5. The van der Waals surface area contributed by atoms with Crippen molar-refractivity contribution < 1.29 is 9.53 Å². The summed E-state index contributed by atoms with van der Waals surface area (Å²) >= 11 is 5.95. The van der Waals surface area contributed by atoms with Crippen molar-refractivity contribution in [3.8, 4) is 5.75 Å². The van der Waals surface area contributed by atoms with E-state index in [1.165, 1.54) is 6.92 Å². The van der Waals surface area contributed by atoms with Gasteiger partial charge in [0.1, 0.15) is 12.4 Å². The van der Waals surface area contributed by atoms with Gasteiger partial charge in [-0.15, -0.1) is 0 Å². The molecule has 2 rings (SSSR count). The minimum absolute atomic E-state index is 0.186. The van der Waals surface area contributed by atoms with Crippen LogP contribution in [0.3, 0.4) is 0 Å². The predicted molar refractivity (Wildman–Crippen MR) is 70.2 cm³/mol. The normalized spacial score (nSPS) is 18.1. The molecule has 6 heteroatoms. The van der Waals surface area contributed by atoms with Crippen LogP contribution in [0.1, 0.15) is 19.0 Å². The van der Waals surface area contributed by atoms with Crippen molar-refractivity contribution in [3.05, 3.63) is 16.9 Å². The van der Waals surface area contributed by atoms with E-state index in [4.69, 9.17) is 16.3 Å². The van der Waals surface area contributed by atoms with Crippen LogP contribution in [0, 0.1) is 6.92 Å². The van der Waals surface area contributed by atoms with E-state index in [9.17, 15) is 4.79 Å². The molecule has 1 aromatic rings. The zero-order valence-corrected chi connectivity index (χ0v) is 11.2. The van der Waals surface area contributed by atoms with Crippen LogP contribution < -0.4 is 15.4 Å². The third-order valence-corrected chi connectivity index (χ3v) is 3.08. The number of aryl methyl sites for hydroxylation is 1. The van der Waals surface area contributed by atoms with Gasteiger partial charge in [-0.05, 0) is 19.9 Å². The summed E-state index contributed by atoms with van der Waals surface area (Å²) in [5.41, 5.74) is 1.19. The molecule has 0 bridgehead atoms.